The maximum Gasteiger partial charge on any atom is 0.322 e. The molecule has 1 aliphatic heterocycles. The summed E-state index contributed by atoms with van der Waals surface area (Å²) in [5.74, 6) is 0.679. The number of carbonyl (C=O) groups is 2. The molecule has 0 spiro atoms. The van der Waals surface area contributed by atoms with Crippen LogP contribution >= 0.6 is 0 Å². The van der Waals surface area contributed by atoms with Crippen molar-refractivity contribution < 1.29 is 14.3 Å². The Morgan fingerprint density at radius 2 is 1.84 bits per heavy atom. The molecule has 0 radical (unpaired) electrons. The number of anilines is 1. The van der Waals surface area contributed by atoms with Crippen LogP contribution in [0.4, 0.5) is 10.5 Å². The van der Waals surface area contributed by atoms with Crippen molar-refractivity contribution >= 4 is 17.6 Å². The first kappa shape index (κ1) is 20.5. The minimum Gasteiger partial charge on any atom is -0.489 e. The molecule has 1 aliphatic rings. The lowest BCUT2D eigenvalue weighted by Crippen LogP contribution is -2.28. The van der Waals surface area contributed by atoms with E-state index in [1.54, 1.807) is 11.0 Å². The molecule has 3 amide bonds. The van der Waals surface area contributed by atoms with Crippen LogP contribution in [0, 0.1) is 6.92 Å². The average Bonchev–Trinajstić information content (AvgIpc) is 3.22. The van der Waals surface area contributed by atoms with Gasteiger partial charge in [0.1, 0.15) is 12.4 Å². The lowest BCUT2D eigenvalue weighted by molar-refractivity contribution is 0.0951. The van der Waals surface area contributed by atoms with E-state index in [0.717, 1.165) is 28.1 Å². The second-order valence-electron chi connectivity index (χ2n) is 7.49. The van der Waals surface area contributed by atoms with E-state index in [1.165, 1.54) is 0 Å². The van der Waals surface area contributed by atoms with Gasteiger partial charge in [-0.05, 0) is 53.9 Å². The number of hydrogen-bond donors (Lipinski definition) is 2. The molecule has 0 aliphatic carbocycles. The lowest BCUT2D eigenvalue weighted by atomic mass is 10.1. The number of carbonyl (C=O) groups excluding carboxylic acids is 2. The van der Waals surface area contributed by atoms with Crippen LogP contribution < -0.4 is 20.3 Å². The Labute approximate surface area is 181 Å². The van der Waals surface area contributed by atoms with Crippen molar-refractivity contribution in [2.75, 3.05) is 18.0 Å². The SMILES string of the molecule is Cc1cc(C(=O)NCc2cccc(COc3ccccc3)c2)ccc1N1CCNC1=O. The zero-order chi connectivity index (χ0) is 21.6. The molecule has 0 atom stereocenters. The molecule has 1 heterocycles. The molecule has 3 aromatic carbocycles. The van der Waals surface area contributed by atoms with Gasteiger partial charge in [0.15, 0.2) is 0 Å². The number of hydrogen-bond acceptors (Lipinski definition) is 3. The number of amides is 3. The van der Waals surface area contributed by atoms with Crippen LogP contribution in [0.2, 0.25) is 0 Å². The zero-order valence-corrected chi connectivity index (χ0v) is 17.4. The summed E-state index contributed by atoms with van der Waals surface area (Å²) in [6.07, 6.45) is 0. The highest BCUT2D eigenvalue weighted by Gasteiger charge is 2.22. The summed E-state index contributed by atoms with van der Waals surface area (Å²) in [5.41, 5.74) is 4.34. The molecule has 158 valence electrons. The Hall–Kier alpha value is -3.80. The van der Waals surface area contributed by atoms with Crippen LogP contribution in [-0.4, -0.2) is 25.0 Å². The summed E-state index contributed by atoms with van der Waals surface area (Å²) in [6.45, 7) is 4.07. The fourth-order valence-corrected chi connectivity index (χ4v) is 3.60. The molecule has 1 saturated heterocycles. The van der Waals surface area contributed by atoms with Crippen molar-refractivity contribution in [3.63, 3.8) is 0 Å². The van der Waals surface area contributed by atoms with E-state index in [-0.39, 0.29) is 11.9 Å². The lowest BCUT2D eigenvalue weighted by Gasteiger charge is -2.17. The smallest absolute Gasteiger partial charge is 0.322 e. The predicted octanol–water partition coefficient (Wildman–Crippen LogP) is 4.03. The fourth-order valence-electron chi connectivity index (χ4n) is 3.60. The number of ether oxygens (including phenoxy) is 1. The maximum absolute atomic E-state index is 12.6. The van der Waals surface area contributed by atoms with Gasteiger partial charge < -0.3 is 15.4 Å². The van der Waals surface area contributed by atoms with E-state index >= 15 is 0 Å². The largest absolute Gasteiger partial charge is 0.489 e. The Bertz CT molecular complexity index is 1080. The molecule has 6 heteroatoms. The third-order valence-electron chi connectivity index (χ3n) is 5.20. The van der Waals surface area contributed by atoms with Crippen LogP contribution in [-0.2, 0) is 13.2 Å². The second kappa shape index (κ2) is 9.34. The van der Waals surface area contributed by atoms with Crippen LogP contribution in [0.3, 0.4) is 0 Å². The standard InChI is InChI=1S/C25H25N3O3/c1-18-14-21(10-11-23(18)28-13-12-26-25(28)30)24(29)27-16-19-6-5-7-20(15-19)17-31-22-8-3-2-4-9-22/h2-11,14-15H,12-13,16-17H2,1H3,(H,26,30)(H,27,29). The number of benzene rings is 3. The van der Waals surface area contributed by atoms with Crippen LogP contribution in [0.15, 0.2) is 72.8 Å². The molecular weight excluding hydrogens is 390 g/mol. The first-order chi connectivity index (χ1) is 15.1. The second-order valence-corrected chi connectivity index (χ2v) is 7.49. The van der Waals surface area contributed by atoms with Gasteiger partial charge in [-0.2, -0.15) is 0 Å². The van der Waals surface area contributed by atoms with Crippen LogP contribution in [0.25, 0.3) is 0 Å². The average molecular weight is 415 g/mol. The number of para-hydroxylation sites is 1. The van der Waals surface area contributed by atoms with E-state index in [4.69, 9.17) is 4.74 Å². The Kier molecular flexibility index (Phi) is 6.17. The van der Waals surface area contributed by atoms with Crippen molar-refractivity contribution in [2.45, 2.75) is 20.1 Å². The summed E-state index contributed by atoms with van der Waals surface area (Å²) in [4.78, 5) is 26.2. The first-order valence-corrected chi connectivity index (χ1v) is 10.3. The Balaban J connectivity index is 1.35. The number of nitrogens with one attached hydrogen (secondary N) is 2. The molecule has 0 saturated carbocycles. The summed E-state index contributed by atoms with van der Waals surface area (Å²) in [7, 11) is 0. The third kappa shape index (κ3) is 5.04. The Morgan fingerprint density at radius 1 is 1.03 bits per heavy atom. The fraction of sp³-hybridized carbons (Fsp3) is 0.200. The minimum atomic E-state index is -0.147. The molecule has 3 aromatic rings. The van der Waals surface area contributed by atoms with Crippen molar-refractivity contribution in [2.24, 2.45) is 0 Å². The topological polar surface area (TPSA) is 70.7 Å². The number of rotatable bonds is 7. The van der Waals surface area contributed by atoms with Gasteiger partial charge in [0, 0.05) is 30.9 Å². The molecule has 4 rings (SSSR count). The first-order valence-electron chi connectivity index (χ1n) is 10.3. The predicted molar refractivity (Wildman–Crippen MR) is 120 cm³/mol. The van der Waals surface area contributed by atoms with Crippen LogP contribution in [0.1, 0.15) is 27.0 Å². The van der Waals surface area contributed by atoms with Crippen molar-refractivity contribution in [1.29, 1.82) is 0 Å². The maximum atomic E-state index is 12.6. The van der Waals surface area contributed by atoms with Gasteiger partial charge in [-0.3, -0.25) is 9.69 Å². The van der Waals surface area contributed by atoms with Gasteiger partial charge in [-0.1, -0.05) is 42.5 Å². The van der Waals surface area contributed by atoms with E-state index in [0.29, 0.717) is 31.8 Å². The Morgan fingerprint density at radius 3 is 2.58 bits per heavy atom. The molecule has 0 aromatic heterocycles. The van der Waals surface area contributed by atoms with Gasteiger partial charge >= 0.3 is 6.03 Å². The number of aryl methyl sites for hydroxylation is 1. The van der Waals surface area contributed by atoms with Gasteiger partial charge in [0.2, 0.25) is 0 Å². The summed E-state index contributed by atoms with van der Waals surface area (Å²) in [5, 5.41) is 5.76. The summed E-state index contributed by atoms with van der Waals surface area (Å²) >= 11 is 0. The number of urea groups is 1. The normalized spacial score (nSPS) is 13.1. The van der Waals surface area contributed by atoms with Crippen molar-refractivity contribution in [3.05, 3.63) is 95.1 Å². The quantitative estimate of drug-likeness (QED) is 0.612. The molecule has 0 unspecified atom stereocenters. The van der Waals surface area contributed by atoms with Gasteiger partial charge in [0.05, 0.1) is 0 Å². The summed E-state index contributed by atoms with van der Waals surface area (Å²) in [6, 6.07) is 23.0. The van der Waals surface area contributed by atoms with Gasteiger partial charge in [0.25, 0.3) is 5.91 Å². The molecule has 0 bridgehead atoms. The highest BCUT2D eigenvalue weighted by Crippen LogP contribution is 2.23. The van der Waals surface area contributed by atoms with Crippen molar-refractivity contribution in [3.8, 4) is 5.75 Å². The monoisotopic (exact) mass is 415 g/mol. The molecule has 1 fully saturated rings. The minimum absolute atomic E-state index is 0.101. The van der Waals surface area contributed by atoms with Crippen LogP contribution in [0.5, 0.6) is 5.75 Å². The van der Waals surface area contributed by atoms with E-state index in [1.807, 2.05) is 73.7 Å². The molecule has 6 nitrogen and oxygen atoms in total. The molecule has 31 heavy (non-hydrogen) atoms. The highest BCUT2D eigenvalue weighted by atomic mass is 16.5. The van der Waals surface area contributed by atoms with E-state index in [9.17, 15) is 9.59 Å². The van der Waals surface area contributed by atoms with E-state index < -0.39 is 0 Å². The summed E-state index contributed by atoms with van der Waals surface area (Å²) < 4.78 is 5.80. The van der Waals surface area contributed by atoms with Crippen molar-refractivity contribution in [1.82, 2.24) is 10.6 Å². The van der Waals surface area contributed by atoms with E-state index in [2.05, 4.69) is 10.6 Å². The highest BCUT2D eigenvalue weighted by molar-refractivity contribution is 5.97. The molecule has 2 N–H and O–H groups in total. The number of nitrogens with zero attached hydrogens (tertiary/aromatic N) is 1. The van der Waals surface area contributed by atoms with Gasteiger partial charge in [-0.15, -0.1) is 0 Å². The molecular formula is C25H25N3O3. The van der Waals surface area contributed by atoms with Gasteiger partial charge in [-0.25, -0.2) is 4.79 Å². The zero-order valence-electron chi connectivity index (χ0n) is 17.4. The third-order valence-corrected chi connectivity index (χ3v) is 5.20.